The maximum atomic E-state index is 11.5. The normalized spacial score (nSPS) is 12.0. The van der Waals surface area contributed by atoms with Gasteiger partial charge in [-0.1, -0.05) is 0 Å². The molecule has 0 saturated heterocycles. The molecule has 20 heavy (non-hydrogen) atoms. The molecule has 0 fully saturated rings. The maximum Gasteiger partial charge on any atom is 0.159 e. The number of carbonyl (C=O) groups is 1. The summed E-state index contributed by atoms with van der Waals surface area (Å²) in [5, 5.41) is -0.507. The molecule has 0 aliphatic rings. The van der Waals surface area contributed by atoms with Crippen LogP contribution in [0.5, 0.6) is 0 Å². The van der Waals surface area contributed by atoms with E-state index in [0.717, 1.165) is 0 Å². The molecule has 0 bridgehead atoms. The van der Waals surface area contributed by atoms with Crippen molar-refractivity contribution < 1.29 is 27.4 Å². The highest BCUT2D eigenvalue weighted by Gasteiger charge is 2.19. The van der Waals surface area contributed by atoms with Crippen LogP contribution in [0, 0.1) is 0 Å². The summed E-state index contributed by atoms with van der Waals surface area (Å²) in [5.74, 6) is -0.621. The topological polar surface area (TPSA) is 78.9 Å². The van der Waals surface area contributed by atoms with Gasteiger partial charge in [0.1, 0.15) is 11.5 Å². The second kappa shape index (κ2) is 11.2. The van der Waals surface area contributed by atoms with Gasteiger partial charge in [-0.05, 0) is 20.3 Å². The fourth-order valence-electron chi connectivity index (χ4n) is 1.30. The Kier molecular flexibility index (Phi) is 10.9. The van der Waals surface area contributed by atoms with E-state index >= 15 is 0 Å². The van der Waals surface area contributed by atoms with E-state index in [9.17, 15) is 13.2 Å². The Morgan fingerprint density at radius 1 is 1.00 bits per heavy atom. The van der Waals surface area contributed by atoms with E-state index in [0.29, 0.717) is 39.5 Å². The molecule has 0 radical (unpaired) electrons. The SMILES string of the molecule is COCCOCCOCCCC(=O)CS(=O)(=O)C(C)C. The monoisotopic (exact) mass is 310 g/mol. The number of carbonyl (C=O) groups excluding carboxylic acids is 1. The van der Waals surface area contributed by atoms with Crippen LogP contribution >= 0.6 is 0 Å². The Labute approximate surface area is 121 Å². The number of Topliss-reactive ketones (excluding diaryl/α,β-unsaturated/α-hetero) is 1. The summed E-state index contributed by atoms with van der Waals surface area (Å²) in [5.41, 5.74) is 0. The summed E-state index contributed by atoms with van der Waals surface area (Å²) in [6.07, 6.45) is 0.765. The molecule has 0 aromatic carbocycles. The Morgan fingerprint density at radius 2 is 1.55 bits per heavy atom. The molecule has 7 heteroatoms. The third-order valence-corrected chi connectivity index (χ3v) is 4.79. The van der Waals surface area contributed by atoms with Gasteiger partial charge in [0.15, 0.2) is 9.84 Å². The molecule has 0 aromatic rings. The molecule has 0 rings (SSSR count). The zero-order valence-electron chi connectivity index (χ0n) is 12.6. The van der Waals surface area contributed by atoms with E-state index in [1.54, 1.807) is 21.0 Å². The number of hydrogen-bond acceptors (Lipinski definition) is 6. The zero-order valence-corrected chi connectivity index (χ0v) is 13.4. The van der Waals surface area contributed by atoms with Crippen LogP contribution in [0.4, 0.5) is 0 Å². The molecule has 0 aromatic heterocycles. The number of rotatable bonds is 13. The first-order valence-electron chi connectivity index (χ1n) is 6.78. The van der Waals surface area contributed by atoms with Gasteiger partial charge in [-0.15, -0.1) is 0 Å². The van der Waals surface area contributed by atoms with Crippen LogP contribution in [0.25, 0.3) is 0 Å². The Bertz CT molecular complexity index is 350. The third-order valence-electron chi connectivity index (χ3n) is 2.63. The molecule has 0 atom stereocenters. The number of hydrogen-bond donors (Lipinski definition) is 0. The Morgan fingerprint density at radius 3 is 2.10 bits per heavy atom. The zero-order chi connectivity index (χ0) is 15.4. The minimum absolute atomic E-state index is 0.233. The highest BCUT2D eigenvalue weighted by molar-refractivity contribution is 7.92. The number of ketones is 1. The highest BCUT2D eigenvalue weighted by atomic mass is 32.2. The van der Waals surface area contributed by atoms with Crippen molar-refractivity contribution in [1.29, 1.82) is 0 Å². The van der Waals surface area contributed by atoms with Gasteiger partial charge in [-0.2, -0.15) is 0 Å². The third kappa shape index (κ3) is 10.3. The average Bonchev–Trinajstić information content (AvgIpc) is 2.36. The number of ether oxygens (including phenoxy) is 3. The molecule has 0 spiro atoms. The quantitative estimate of drug-likeness (QED) is 0.469. The molecule has 6 nitrogen and oxygen atoms in total. The van der Waals surface area contributed by atoms with E-state index in [4.69, 9.17) is 14.2 Å². The van der Waals surface area contributed by atoms with Crippen molar-refractivity contribution in [3.8, 4) is 0 Å². The van der Waals surface area contributed by atoms with Gasteiger partial charge in [0.05, 0.1) is 31.7 Å². The number of methoxy groups -OCH3 is 1. The summed E-state index contributed by atoms with van der Waals surface area (Å²) in [6, 6.07) is 0. The van der Waals surface area contributed by atoms with Crippen molar-refractivity contribution in [2.45, 2.75) is 31.9 Å². The smallest absolute Gasteiger partial charge is 0.159 e. The fraction of sp³-hybridized carbons (Fsp3) is 0.923. The van der Waals surface area contributed by atoms with Crippen molar-refractivity contribution in [3.63, 3.8) is 0 Å². The second-order valence-electron chi connectivity index (χ2n) is 4.72. The van der Waals surface area contributed by atoms with Gasteiger partial charge < -0.3 is 14.2 Å². The lowest BCUT2D eigenvalue weighted by molar-refractivity contribution is -0.117. The van der Waals surface area contributed by atoms with Crippen LogP contribution in [0.3, 0.4) is 0 Å². The van der Waals surface area contributed by atoms with Crippen LogP contribution in [0.2, 0.25) is 0 Å². The lowest BCUT2D eigenvalue weighted by Crippen LogP contribution is -2.23. The van der Waals surface area contributed by atoms with Crippen molar-refractivity contribution in [2.24, 2.45) is 0 Å². The van der Waals surface area contributed by atoms with Gasteiger partial charge in [-0.3, -0.25) is 4.79 Å². The van der Waals surface area contributed by atoms with Gasteiger partial charge in [0, 0.05) is 20.1 Å². The van der Waals surface area contributed by atoms with Gasteiger partial charge in [0.2, 0.25) is 0 Å². The molecular weight excluding hydrogens is 284 g/mol. The van der Waals surface area contributed by atoms with Crippen molar-refractivity contribution >= 4 is 15.6 Å². The Hall–Kier alpha value is -0.500. The lowest BCUT2D eigenvalue weighted by Gasteiger charge is -2.07. The molecule has 0 amide bonds. The van der Waals surface area contributed by atoms with Gasteiger partial charge in [-0.25, -0.2) is 8.42 Å². The predicted molar refractivity (Wildman–Crippen MR) is 76.7 cm³/mol. The minimum atomic E-state index is -3.28. The summed E-state index contributed by atoms with van der Waals surface area (Å²) < 4.78 is 38.3. The fourth-order valence-corrected chi connectivity index (χ4v) is 2.23. The molecule has 0 saturated carbocycles. The van der Waals surface area contributed by atoms with Crippen LogP contribution in [-0.2, 0) is 28.8 Å². The molecule has 0 aliphatic heterocycles. The predicted octanol–water partition coefficient (Wildman–Crippen LogP) is 0.839. The van der Waals surface area contributed by atoms with Crippen LogP contribution in [0.1, 0.15) is 26.7 Å². The van der Waals surface area contributed by atoms with E-state index in [-0.39, 0.29) is 18.0 Å². The van der Waals surface area contributed by atoms with E-state index in [2.05, 4.69) is 0 Å². The summed E-state index contributed by atoms with van der Waals surface area (Å²) >= 11 is 0. The number of sulfone groups is 1. The molecule has 120 valence electrons. The van der Waals surface area contributed by atoms with Crippen molar-refractivity contribution in [2.75, 3.05) is 45.9 Å². The molecule has 0 heterocycles. The molecule has 0 aliphatic carbocycles. The van der Waals surface area contributed by atoms with E-state index in [1.807, 2.05) is 0 Å². The molecule has 0 N–H and O–H groups in total. The molecular formula is C13H26O6S. The highest BCUT2D eigenvalue weighted by Crippen LogP contribution is 2.03. The minimum Gasteiger partial charge on any atom is -0.382 e. The summed E-state index contributed by atoms with van der Waals surface area (Å²) in [7, 11) is -1.67. The first-order valence-corrected chi connectivity index (χ1v) is 8.49. The average molecular weight is 310 g/mol. The summed E-state index contributed by atoms with van der Waals surface area (Å²) in [4.78, 5) is 11.5. The summed E-state index contributed by atoms with van der Waals surface area (Å²) in [6.45, 7) is 5.62. The van der Waals surface area contributed by atoms with E-state index in [1.165, 1.54) is 0 Å². The standard InChI is InChI=1S/C13H26O6S/c1-12(2)20(15,16)11-13(14)5-4-6-18-9-10-19-8-7-17-3/h12H,4-11H2,1-3H3. The van der Waals surface area contributed by atoms with Gasteiger partial charge >= 0.3 is 0 Å². The second-order valence-corrected chi connectivity index (χ2v) is 7.27. The van der Waals surface area contributed by atoms with Gasteiger partial charge in [0.25, 0.3) is 0 Å². The van der Waals surface area contributed by atoms with Crippen molar-refractivity contribution in [1.82, 2.24) is 0 Å². The van der Waals surface area contributed by atoms with E-state index < -0.39 is 15.1 Å². The maximum absolute atomic E-state index is 11.5. The largest absolute Gasteiger partial charge is 0.382 e. The van der Waals surface area contributed by atoms with Crippen molar-refractivity contribution in [3.05, 3.63) is 0 Å². The Balaban J connectivity index is 3.49. The first kappa shape index (κ1) is 19.5. The first-order chi connectivity index (χ1) is 9.40. The van der Waals surface area contributed by atoms with Crippen LogP contribution in [0.15, 0.2) is 0 Å². The van der Waals surface area contributed by atoms with Crippen LogP contribution in [-0.4, -0.2) is 65.3 Å². The lowest BCUT2D eigenvalue weighted by atomic mass is 10.2. The molecule has 0 unspecified atom stereocenters. The van der Waals surface area contributed by atoms with Crippen LogP contribution < -0.4 is 0 Å².